The predicted molar refractivity (Wildman–Crippen MR) is 83.5 cm³/mol. The Kier molecular flexibility index (Phi) is 6.55. The van der Waals surface area contributed by atoms with E-state index >= 15 is 0 Å². The average molecular weight is 342 g/mol. The van der Waals surface area contributed by atoms with Gasteiger partial charge >= 0.3 is 0 Å². The van der Waals surface area contributed by atoms with Gasteiger partial charge in [0.1, 0.15) is 24.4 Å². The van der Waals surface area contributed by atoms with Gasteiger partial charge in [0.25, 0.3) is 0 Å². The lowest BCUT2D eigenvalue weighted by molar-refractivity contribution is -0.277. The Bertz CT molecular complexity index is 559. The second-order valence-electron chi connectivity index (χ2n) is 5.31. The van der Waals surface area contributed by atoms with Crippen molar-refractivity contribution in [2.45, 2.75) is 30.7 Å². The first-order chi connectivity index (χ1) is 11.5. The van der Waals surface area contributed by atoms with Gasteiger partial charge in [0, 0.05) is 0 Å². The third-order valence-corrected chi connectivity index (χ3v) is 3.69. The summed E-state index contributed by atoms with van der Waals surface area (Å²) in [4.78, 5) is 0. The smallest absolute Gasteiger partial charge is 0.229 e. The maximum absolute atomic E-state index is 10.0. The first-order valence-electron chi connectivity index (χ1n) is 7.44. The Hall–Kier alpha value is -1.68. The first-order valence-corrected chi connectivity index (χ1v) is 7.44. The molecule has 2 rings (SSSR count). The van der Waals surface area contributed by atoms with Gasteiger partial charge in [0.05, 0.1) is 20.3 Å². The van der Waals surface area contributed by atoms with E-state index in [2.05, 4.69) is 0 Å². The van der Waals surface area contributed by atoms with Crippen LogP contribution in [0.5, 0.6) is 11.5 Å². The Balaban J connectivity index is 2.23. The van der Waals surface area contributed by atoms with Gasteiger partial charge in [-0.05, 0) is 17.7 Å². The van der Waals surface area contributed by atoms with Crippen molar-refractivity contribution in [3.63, 3.8) is 0 Å². The van der Waals surface area contributed by atoms with Crippen LogP contribution in [0.3, 0.4) is 0 Å². The van der Waals surface area contributed by atoms with E-state index in [0.29, 0.717) is 11.3 Å². The van der Waals surface area contributed by atoms with Crippen LogP contribution in [0.4, 0.5) is 0 Å². The maximum atomic E-state index is 10.0. The van der Waals surface area contributed by atoms with E-state index in [4.69, 9.17) is 19.3 Å². The fourth-order valence-corrected chi connectivity index (χ4v) is 2.37. The van der Waals surface area contributed by atoms with Gasteiger partial charge in [-0.3, -0.25) is 0 Å². The summed E-state index contributed by atoms with van der Waals surface area (Å²) in [6.07, 6.45) is -3.64. The minimum absolute atomic E-state index is 0.116. The van der Waals surface area contributed by atoms with Crippen LogP contribution in [0.1, 0.15) is 5.56 Å². The normalized spacial score (nSPS) is 30.5. The zero-order valence-electron chi connectivity index (χ0n) is 13.1. The minimum Gasteiger partial charge on any atom is -0.493 e. The third kappa shape index (κ3) is 4.04. The zero-order chi connectivity index (χ0) is 17.7. The molecule has 0 spiro atoms. The molecule has 1 heterocycles. The van der Waals surface area contributed by atoms with Crippen LogP contribution in [-0.2, 0) is 4.74 Å². The molecule has 1 aromatic carbocycles. The number of aliphatic hydroxyl groups excluding tert-OH is 5. The Labute approximate surface area is 139 Å². The number of rotatable bonds is 6. The molecule has 8 heteroatoms. The molecule has 8 nitrogen and oxygen atoms in total. The van der Waals surface area contributed by atoms with Crippen molar-refractivity contribution in [2.24, 2.45) is 0 Å². The third-order valence-electron chi connectivity index (χ3n) is 3.69. The van der Waals surface area contributed by atoms with Gasteiger partial charge in [-0.25, -0.2) is 0 Å². The summed E-state index contributed by atoms with van der Waals surface area (Å²) in [5.74, 6) is 0.607. The number of methoxy groups -OCH3 is 1. The highest BCUT2D eigenvalue weighted by Crippen LogP contribution is 2.32. The Morgan fingerprint density at radius 3 is 2.46 bits per heavy atom. The molecule has 0 aliphatic carbocycles. The van der Waals surface area contributed by atoms with Gasteiger partial charge < -0.3 is 39.7 Å². The standard InChI is InChI=1S/C16H22O8/c1-22-10-5-4-9(3-2-6-17)7-11(10)23-16-15(21)14(20)13(19)12(8-18)24-16/h2-5,7,12-21H,6,8H2,1H3/t12-,13-,14+,15-,16-/m1/s1. The molecule has 1 aromatic rings. The van der Waals surface area contributed by atoms with Crippen LogP contribution < -0.4 is 9.47 Å². The summed E-state index contributed by atoms with van der Waals surface area (Å²) >= 11 is 0. The summed E-state index contributed by atoms with van der Waals surface area (Å²) in [5.41, 5.74) is 0.712. The molecule has 0 bridgehead atoms. The lowest BCUT2D eigenvalue weighted by Crippen LogP contribution is -2.60. The van der Waals surface area contributed by atoms with E-state index in [0.717, 1.165) is 0 Å². The molecule has 1 saturated heterocycles. The molecule has 24 heavy (non-hydrogen) atoms. The molecular formula is C16H22O8. The number of benzene rings is 1. The Morgan fingerprint density at radius 1 is 1.08 bits per heavy atom. The largest absolute Gasteiger partial charge is 0.493 e. The van der Waals surface area contributed by atoms with Gasteiger partial charge in [-0.2, -0.15) is 0 Å². The fourth-order valence-electron chi connectivity index (χ4n) is 2.37. The molecule has 0 aromatic heterocycles. The quantitative estimate of drug-likeness (QED) is 0.440. The summed E-state index contributed by atoms with van der Waals surface area (Å²) in [6.45, 7) is -0.657. The van der Waals surface area contributed by atoms with Gasteiger partial charge in [0.15, 0.2) is 11.5 Å². The van der Waals surface area contributed by atoms with Crippen LogP contribution >= 0.6 is 0 Å². The number of hydrogen-bond donors (Lipinski definition) is 5. The maximum Gasteiger partial charge on any atom is 0.229 e. The van der Waals surface area contributed by atoms with Crippen molar-refractivity contribution in [2.75, 3.05) is 20.3 Å². The number of hydrogen-bond acceptors (Lipinski definition) is 8. The number of aliphatic hydroxyl groups is 5. The van der Waals surface area contributed by atoms with Gasteiger partial charge in [0.2, 0.25) is 6.29 Å². The molecule has 1 fully saturated rings. The van der Waals surface area contributed by atoms with Gasteiger partial charge in [-0.1, -0.05) is 18.2 Å². The van der Waals surface area contributed by atoms with Gasteiger partial charge in [-0.15, -0.1) is 0 Å². The van der Waals surface area contributed by atoms with E-state index in [1.54, 1.807) is 30.4 Å². The summed E-state index contributed by atoms with van der Waals surface area (Å²) in [6, 6.07) is 4.98. The highest BCUT2D eigenvalue weighted by atomic mass is 16.7. The van der Waals surface area contributed by atoms with E-state index in [-0.39, 0.29) is 12.4 Å². The van der Waals surface area contributed by atoms with Crippen molar-refractivity contribution in [1.29, 1.82) is 0 Å². The van der Waals surface area contributed by atoms with Crippen molar-refractivity contribution in [1.82, 2.24) is 0 Å². The minimum atomic E-state index is -1.52. The lowest BCUT2D eigenvalue weighted by atomic mass is 9.99. The highest BCUT2D eigenvalue weighted by Gasteiger charge is 2.44. The Morgan fingerprint density at radius 2 is 1.83 bits per heavy atom. The summed E-state index contributed by atoms with van der Waals surface area (Å²) < 4.78 is 16.1. The average Bonchev–Trinajstić information content (AvgIpc) is 2.60. The van der Waals surface area contributed by atoms with E-state index in [1.165, 1.54) is 7.11 Å². The zero-order valence-corrected chi connectivity index (χ0v) is 13.1. The van der Waals surface area contributed by atoms with Crippen molar-refractivity contribution in [3.05, 3.63) is 29.8 Å². The summed E-state index contributed by atoms with van der Waals surface area (Å²) in [5, 5.41) is 47.6. The first kappa shape index (κ1) is 18.7. The van der Waals surface area contributed by atoms with E-state index < -0.39 is 37.3 Å². The predicted octanol–water partition coefficient (Wildman–Crippen LogP) is -1.12. The van der Waals surface area contributed by atoms with E-state index in [9.17, 15) is 20.4 Å². The highest BCUT2D eigenvalue weighted by molar-refractivity contribution is 5.56. The molecule has 5 N–H and O–H groups in total. The van der Waals surface area contributed by atoms with Crippen molar-refractivity contribution in [3.8, 4) is 11.5 Å². The molecule has 1 aliphatic rings. The second kappa shape index (κ2) is 8.43. The van der Waals surface area contributed by atoms with Crippen molar-refractivity contribution < 1.29 is 39.7 Å². The van der Waals surface area contributed by atoms with Crippen LogP contribution in [0.2, 0.25) is 0 Å². The van der Waals surface area contributed by atoms with Crippen LogP contribution in [0.15, 0.2) is 24.3 Å². The molecule has 0 unspecified atom stereocenters. The molecule has 5 atom stereocenters. The van der Waals surface area contributed by atoms with Crippen molar-refractivity contribution >= 4 is 6.08 Å². The van der Waals surface area contributed by atoms with Crippen LogP contribution in [-0.4, -0.2) is 76.6 Å². The molecule has 1 aliphatic heterocycles. The molecule has 0 saturated carbocycles. The topological polar surface area (TPSA) is 129 Å². The van der Waals surface area contributed by atoms with E-state index in [1.807, 2.05) is 0 Å². The molecule has 134 valence electrons. The molecular weight excluding hydrogens is 320 g/mol. The SMILES string of the molecule is COc1ccc(C=CCO)cc1O[C@@H]1O[C@H](CO)[C@@H](O)[C@H](O)[C@H]1O. The fraction of sp³-hybridized carbons (Fsp3) is 0.500. The van der Waals surface area contributed by atoms with Crippen LogP contribution in [0, 0.1) is 0 Å². The second-order valence-corrected chi connectivity index (χ2v) is 5.31. The lowest BCUT2D eigenvalue weighted by Gasteiger charge is -2.39. The molecule has 0 amide bonds. The summed E-state index contributed by atoms with van der Waals surface area (Å²) in [7, 11) is 1.44. The molecule has 0 radical (unpaired) electrons. The van der Waals surface area contributed by atoms with Crippen LogP contribution in [0.25, 0.3) is 6.08 Å². The monoisotopic (exact) mass is 342 g/mol. The number of ether oxygens (including phenoxy) is 3.